The third kappa shape index (κ3) is 2.16. The van der Waals surface area contributed by atoms with E-state index in [1.807, 2.05) is 36.5 Å². The Labute approximate surface area is 115 Å². The first kappa shape index (κ1) is 12.1. The zero-order valence-electron chi connectivity index (χ0n) is 10.5. The van der Waals surface area contributed by atoms with Crippen LogP contribution in [0.1, 0.15) is 0 Å². The van der Waals surface area contributed by atoms with Gasteiger partial charge in [-0.25, -0.2) is 4.68 Å². The summed E-state index contributed by atoms with van der Waals surface area (Å²) in [6.45, 7) is 0. The molecule has 0 saturated carbocycles. The van der Waals surface area contributed by atoms with Crippen molar-refractivity contribution < 1.29 is 4.92 Å². The summed E-state index contributed by atoms with van der Waals surface area (Å²) in [7, 11) is 0. The lowest BCUT2D eigenvalue weighted by Crippen LogP contribution is -1.94. The summed E-state index contributed by atoms with van der Waals surface area (Å²) in [5, 5.41) is 15.2. The van der Waals surface area contributed by atoms with Crippen molar-refractivity contribution in [1.82, 2.24) is 9.78 Å². The van der Waals surface area contributed by atoms with Gasteiger partial charge in [0.15, 0.2) is 0 Å². The molecular formula is C15H11N3O2. The van der Waals surface area contributed by atoms with Crippen LogP contribution in [0.3, 0.4) is 0 Å². The Morgan fingerprint density at radius 2 is 1.75 bits per heavy atom. The normalized spacial score (nSPS) is 10.4. The molecule has 0 aliphatic rings. The van der Waals surface area contributed by atoms with Gasteiger partial charge in [-0.15, -0.1) is 0 Å². The highest BCUT2D eigenvalue weighted by atomic mass is 16.6. The molecule has 0 amide bonds. The van der Waals surface area contributed by atoms with E-state index in [1.54, 1.807) is 29.1 Å². The van der Waals surface area contributed by atoms with Crippen molar-refractivity contribution in [3.05, 3.63) is 77.1 Å². The molecule has 0 aliphatic carbocycles. The number of nitro benzene ring substituents is 1. The van der Waals surface area contributed by atoms with Gasteiger partial charge in [-0.05, 0) is 29.8 Å². The molecule has 20 heavy (non-hydrogen) atoms. The van der Waals surface area contributed by atoms with E-state index in [9.17, 15) is 10.1 Å². The van der Waals surface area contributed by atoms with Gasteiger partial charge < -0.3 is 0 Å². The predicted octanol–water partition coefficient (Wildman–Crippen LogP) is 3.45. The molecule has 0 fully saturated rings. The average Bonchev–Trinajstić information content (AvgIpc) is 3.02. The number of nitro groups is 1. The van der Waals surface area contributed by atoms with Crippen LogP contribution in [0.25, 0.3) is 16.8 Å². The fourth-order valence-electron chi connectivity index (χ4n) is 2.09. The third-order valence-corrected chi connectivity index (χ3v) is 3.05. The summed E-state index contributed by atoms with van der Waals surface area (Å²) in [5.41, 5.74) is 2.45. The monoisotopic (exact) mass is 265 g/mol. The molecule has 0 radical (unpaired) electrons. The van der Waals surface area contributed by atoms with Crippen LogP contribution in [0.4, 0.5) is 5.69 Å². The van der Waals surface area contributed by atoms with Crippen molar-refractivity contribution in [3.63, 3.8) is 0 Å². The molecule has 3 aromatic rings. The molecule has 2 aromatic carbocycles. The highest BCUT2D eigenvalue weighted by Crippen LogP contribution is 2.29. The van der Waals surface area contributed by atoms with E-state index in [0.29, 0.717) is 5.56 Å². The predicted molar refractivity (Wildman–Crippen MR) is 75.7 cm³/mol. The van der Waals surface area contributed by atoms with Crippen molar-refractivity contribution in [1.29, 1.82) is 0 Å². The SMILES string of the molecule is O=[N+]([O-])c1ccccc1-c1ccc(-n2cccn2)cc1. The number of para-hydroxylation sites is 1. The minimum absolute atomic E-state index is 0.110. The van der Waals surface area contributed by atoms with Crippen LogP contribution in [0.2, 0.25) is 0 Å². The lowest BCUT2D eigenvalue weighted by molar-refractivity contribution is -0.384. The van der Waals surface area contributed by atoms with E-state index in [4.69, 9.17) is 0 Å². The fourth-order valence-corrected chi connectivity index (χ4v) is 2.09. The van der Waals surface area contributed by atoms with E-state index < -0.39 is 0 Å². The van der Waals surface area contributed by atoms with E-state index in [2.05, 4.69) is 5.10 Å². The lowest BCUT2D eigenvalue weighted by atomic mass is 10.0. The largest absolute Gasteiger partial charge is 0.277 e. The van der Waals surface area contributed by atoms with E-state index >= 15 is 0 Å². The molecule has 5 heteroatoms. The molecule has 0 saturated heterocycles. The number of hydrogen-bond acceptors (Lipinski definition) is 3. The van der Waals surface area contributed by atoms with Gasteiger partial charge in [0.25, 0.3) is 5.69 Å². The van der Waals surface area contributed by atoms with Crippen LogP contribution < -0.4 is 0 Å². The quantitative estimate of drug-likeness (QED) is 0.538. The molecule has 0 unspecified atom stereocenters. The van der Waals surface area contributed by atoms with Crippen LogP contribution in [-0.2, 0) is 0 Å². The van der Waals surface area contributed by atoms with Crippen LogP contribution in [0.5, 0.6) is 0 Å². The Bertz CT molecular complexity index is 734. The molecule has 98 valence electrons. The smallest absolute Gasteiger partial charge is 0.258 e. The highest BCUT2D eigenvalue weighted by Gasteiger charge is 2.13. The number of benzene rings is 2. The van der Waals surface area contributed by atoms with Crippen molar-refractivity contribution in [3.8, 4) is 16.8 Å². The van der Waals surface area contributed by atoms with Gasteiger partial charge in [-0.1, -0.05) is 24.3 Å². The van der Waals surface area contributed by atoms with E-state index in [0.717, 1.165) is 11.3 Å². The second-order valence-corrected chi connectivity index (χ2v) is 4.27. The molecular weight excluding hydrogens is 254 g/mol. The van der Waals surface area contributed by atoms with Gasteiger partial charge in [-0.3, -0.25) is 10.1 Å². The van der Waals surface area contributed by atoms with Crippen molar-refractivity contribution >= 4 is 5.69 Å². The van der Waals surface area contributed by atoms with Gasteiger partial charge in [0.2, 0.25) is 0 Å². The lowest BCUT2D eigenvalue weighted by Gasteiger charge is -2.05. The third-order valence-electron chi connectivity index (χ3n) is 3.05. The second kappa shape index (κ2) is 4.97. The van der Waals surface area contributed by atoms with E-state index in [-0.39, 0.29) is 10.6 Å². The first-order valence-electron chi connectivity index (χ1n) is 6.09. The Morgan fingerprint density at radius 1 is 1.00 bits per heavy atom. The van der Waals surface area contributed by atoms with Crippen molar-refractivity contribution in [2.24, 2.45) is 0 Å². The Hall–Kier alpha value is -2.95. The second-order valence-electron chi connectivity index (χ2n) is 4.27. The Morgan fingerprint density at radius 3 is 2.40 bits per heavy atom. The summed E-state index contributed by atoms with van der Waals surface area (Å²) < 4.78 is 1.74. The molecule has 0 atom stereocenters. The molecule has 0 N–H and O–H groups in total. The topological polar surface area (TPSA) is 61.0 Å². The number of nitrogens with zero attached hydrogens (tertiary/aromatic N) is 3. The summed E-state index contributed by atoms with van der Waals surface area (Å²) in [6.07, 6.45) is 3.55. The maximum Gasteiger partial charge on any atom is 0.277 e. The van der Waals surface area contributed by atoms with Crippen molar-refractivity contribution in [2.75, 3.05) is 0 Å². The molecule has 1 heterocycles. The maximum absolute atomic E-state index is 11.0. The van der Waals surface area contributed by atoms with Crippen molar-refractivity contribution in [2.45, 2.75) is 0 Å². The first-order chi connectivity index (χ1) is 9.75. The zero-order valence-corrected chi connectivity index (χ0v) is 10.5. The molecule has 0 spiro atoms. The number of aromatic nitrogens is 2. The molecule has 3 rings (SSSR count). The summed E-state index contributed by atoms with van der Waals surface area (Å²) in [5.74, 6) is 0. The van der Waals surface area contributed by atoms with Gasteiger partial charge in [0.1, 0.15) is 0 Å². The fraction of sp³-hybridized carbons (Fsp3) is 0. The first-order valence-corrected chi connectivity index (χ1v) is 6.09. The van der Waals surface area contributed by atoms with Gasteiger partial charge >= 0.3 is 0 Å². The molecule has 0 bridgehead atoms. The summed E-state index contributed by atoms with van der Waals surface area (Å²) in [6, 6.07) is 16.1. The molecule has 0 aliphatic heterocycles. The molecule has 1 aromatic heterocycles. The Balaban J connectivity index is 2.02. The van der Waals surface area contributed by atoms with Crippen LogP contribution >= 0.6 is 0 Å². The van der Waals surface area contributed by atoms with Gasteiger partial charge in [0, 0.05) is 18.5 Å². The van der Waals surface area contributed by atoms with Gasteiger partial charge in [0.05, 0.1) is 16.2 Å². The van der Waals surface area contributed by atoms with Crippen LogP contribution in [-0.4, -0.2) is 14.7 Å². The minimum atomic E-state index is -0.364. The maximum atomic E-state index is 11.0. The van der Waals surface area contributed by atoms with Crippen LogP contribution in [0, 0.1) is 10.1 Å². The Kier molecular flexibility index (Phi) is 3.01. The highest BCUT2D eigenvalue weighted by molar-refractivity contribution is 5.73. The average molecular weight is 265 g/mol. The number of rotatable bonds is 3. The van der Waals surface area contributed by atoms with Crippen LogP contribution in [0.15, 0.2) is 67.0 Å². The summed E-state index contributed by atoms with van der Waals surface area (Å²) in [4.78, 5) is 10.7. The van der Waals surface area contributed by atoms with E-state index in [1.165, 1.54) is 6.07 Å². The summed E-state index contributed by atoms with van der Waals surface area (Å²) >= 11 is 0. The minimum Gasteiger partial charge on any atom is -0.258 e. The molecule has 5 nitrogen and oxygen atoms in total. The zero-order chi connectivity index (χ0) is 13.9. The number of hydrogen-bond donors (Lipinski definition) is 0. The van der Waals surface area contributed by atoms with Gasteiger partial charge in [-0.2, -0.15) is 5.10 Å². The standard InChI is InChI=1S/C15H11N3O2/c19-18(20)15-5-2-1-4-14(15)12-6-8-13(9-7-12)17-11-3-10-16-17/h1-11H.